The molecule has 0 saturated carbocycles. The van der Waals surface area contributed by atoms with Gasteiger partial charge in [0.15, 0.2) is 5.16 Å². The van der Waals surface area contributed by atoms with Crippen molar-refractivity contribution in [1.82, 2.24) is 20.2 Å². The molecule has 3 aromatic carbocycles. The Kier molecular flexibility index (Phi) is 7.11. The van der Waals surface area contributed by atoms with E-state index in [2.05, 4.69) is 20.2 Å². The molecular formula is C27H26F2N4OS. The van der Waals surface area contributed by atoms with Gasteiger partial charge in [-0.2, -0.15) is 0 Å². The second-order valence-corrected chi connectivity index (χ2v) is 10.1. The zero-order chi connectivity index (χ0) is 24.2. The second kappa shape index (κ2) is 10.6. The van der Waals surface area contributed by atoms with Crippen molar-refractivity contribution in [3.63, 3.8) is 0 Å². The molecule has 0 spiro atoms. The van der Waals surface area contributed by atoms with Gasteiger partial charge in [0.25, 0.3) is 0 Å². The number of hydrogen-bond donors (Lipinski definition) is 2. The number of rotatable bonds is 8. The lowest BCUT2D eigenvalue weighted by Gasteiger charge is -2.23. The Balaban J connectivity index is 1.26. The van der Waals surface area contributed by atoms with Gasteiger partial charge >= 0.3 is 0 Å². The van der Waals surface area contributed by atoms with Crippen LogP contribution in [0.15, 0.2) is 78.0 Å². The number of para-hydroxylation sites is 2. The van der Waals surface area contributed by atoms with Gasteiger partial charge in [0, 0.05) is 24.9 Å². The molecule has 1 saturated heterocycles. The number of nitrogens with one attached hydrogen (secondary N) is 2. The van der Waals surface area contributed by atoms with Crippen molar-refractivity contribution in [2.75, 3.05) is 13.1 Å². The van der Waals surface area contributed by atoms with Crippen LogP contribution in [0.2, 0.25) is 0 Å². The number of fused-ring (bicyclic) bond motifs is 1. The zero-order valence-electron chi connectivity index (χ0n) is 19.1. The third-order valence-electron chi connectivity index (χ3n) is 6.21. The Morgan fingerprint density at radius 1 is 1.03 bits per heavy atom. The van der Waals surface area contributed by atoms with E-state index in [1.54, 1.807) is 30.0 Å². The topological polar surface area (TPSA) is 61.0 Å². The van der Waals surface area contributed by atoms with E-state index in [0.29, 0.717) is 32.5 Å². The Morgan fingerprint density at radius 3 is 2.66 bits per heavy atom. The van der Waals surface area contributed by atoms with Gasteiger partial charge in [0.05, 0.1) is 17.1 Å². The van der Waals surface area contributed by atoms with Crippen LogP contribution in [0.25, 0.3) is 11.0 Å². The number of halogens is 2. The number of thioether (sulfide) groups is 1. The van der Waals surface area contributed by atoms with Gasteiger partial charge in [-0.15, -0.1) is 0 Å². The molecule has 180 valence electrons. The van der Waals surface area contributed by atoms with Crippen molar-refractivity contribution in [1.29, 1.82) is 0 Å². The molecule has 2 N–H and O–H groups in total. The first-order valence-corrected chi connectivity index (χ1v) is 12.5. The summed E-state index contributed by atoms with van der Waals surface area (Å²) in [6.45, 7) is 1.70. The fourth-order valence-electron chi connectivity index (χ4n) is 4.50. The lowest BCUT2D eigenvalue weighted by Crippen LogP contribution is -2.43. The van der Waals surface area contributed by atoms with E-state index < -0.39 is 0 Å². The molecule has 1 aliphatic rings. The standard InChI is InChI=1S/C27H26F2N4OS/c28-20-10-8-19(9-11-20)16-33-17-22(35-27-31-23-6-1-2-7-24(23)32-27)15-25(33)26(34)30-13-12-18-4-3-5-21(29)14-18/h1-11,14,22,25H,12-13,15-17H2,(H,30,34)(H,31,32)/t22-,25-/m0/s1. The van der Waals surface area contributed by atoms with Gasteiger partial charge in [-0.1, -0.05) is 48.2 Å². The molecule has 2 atom stereocenters. The van der Waals surface area contributed by atoms with Crippen LogP contribution in [-0.4, -0.2) is 45.2 Å². The van der Waals surface area contributed by atoms with E-state index >= 15 is 0 Å². The predicted octanol–water partition coefficient (Wildman–Crippen LogP) is 4.94. The molecule has 4 aromatic rings. The van der Waals surface area contributed by atoms with Crippen LogP contribution in [0.1, 0.15) is 17.5 Å². The summed E-state index contributed by atoms with van der Waals surface area (Å²) in [6.07, 6.45) is 1.24. The maximum absolute atomic E-state index is 13.4. The molecule has 0 bridgehead atoms. The predicted molar refractivity (Wildman–Crippen MR) is 134 cm³/mol. The second-order valence-electron chi connectivity index (χ2n) is 8.78. The minimum atomic E-state index is -0.311. The molecular weight excluding hydrogens is 466 g/mol. The quantitative estimate of drug-likeness (QED) is 0.366. The van der Waals surface area contributed by atoms with Crippen molar-refractivity contribution < 1.29 is 13.6 Å². The maximum atomic E-state index is 13.4. The average molecular weight is 493 g/mol. The van der Waals surface area contributed by atoms with Crippen molar-refractivity contribution >= 4 is 28.7 Å². The number of aromatic amines is 1. The minimum Gasteiger partial charge on any atom is -0.354 e. The van der Waals surface area contributed by atoms with E-state index in [1.165, 1.54) is 24.3 Å². The first kappa shape index (κ1) is 23.5. The van der Waals surface area contributed by atoms with Crippen molar-refractivity contribution in [2.45, 2.75) is 35.8 Å². The molecule has 0 unspecified atom stereocenters. The number of likely N-dealkylation sites (tertiary alicyclic amines) is 1. The summed E-state index contributed by atoms with van der Waals surface area (Å²) in [5.74, 6) is -0.600. The molecule has 2 heterocycles. The molecule has 5 nitrogen and oxygen atoms in total. The molecule has 35 heavy (non-hydrogen) atoms. The Morgan fingerprint density at radius 2 is 1.86 bits per heavy atom. The Labute approximate surface area is 206 Å². The van der Waals surface area contributed by atoms with Crippen LogP contribution in [0.4, 0.5) is 8.78 Å². The SMILES string of the molecule is O=C(NCCc1cccc(F)c1)[C@@H]1C[C@H](Sc2nc3ccccc3[nH]2)CN1Cc1ccc(F)cc1. The number of carbonyl (C=O) groups is 1. The van der Waals surface area contributed by atoms with Crippen LogP contribution < -0.4 is 5.32 Å². The van der Waals surface area contributed by atoms with Gasteiger partial charge in [-0.05, 0) is 60.4 Å². The summed E-state index contributed by atoms with van der Waals surface area (Å²) in [4.78, 5) is 23.3. The van der Waals surface area contributed by atoms with Crippen LogP contribution in [0.3, 0.4) is 0 Å². The van der Waals surface area contributed by atoms with Crippen LogP contribution in [0.5, 0.6) is 0 Å². The van der Waals surface area contributed by atoms with Crippen LogP contribution in [0, 0.1) is 11.6 Å². The number of hydrogen-bond acceptors (Lipinski definition) is 4. The molecule has 1 fully saturated rings. The average Bonchev–Trinajstić information content (AvgIpc) is 3.44. The van der Waals surface area contributed by atoms with E-state index in [9.17, 15) is 13.6 Å². The highest BCUT2D eigenvalue weighted by Gasteiger charge is 2.37. The Hall–Kier alpha value is -3.23. The largest absolute Gasteiger partial charge is 0.354 e. The van der Waals surface area contributed by atoms with E-state index in [0.717, 1.165) is 27.3 Å². The number of imidazole rings is 1. The zero-order valence-corrected chi connectivity index (χ0v) is 19.9. The number of aromatic nitrogens is 2. The van der Waals surface area contributed by atoms with Crippen LogP contribution >= 0.6 is 11.8 Å². The first-order valence-electron chi connectivity index (χ1n) is 11.7. The fourth-order valence-corrected chi connectivity index (χ4v) is 5.68. The van der Waals surface area contributed by atoms with Crippen molar-refractivity contribution in [3.8, 4) is 0 Å². The molecule has 0 radical (unpaired) electrons. The highest BCUT2D eigenvalue weighted by molar-refractivity contribution is 7.99. The summed E-state index contributed by atoms with van der Waals surface area (Å²) >= 11 is 1.65. The van der Waals surface area contributed by atoms with Crippen molar-refractivity contribution in [3.05, 3.63) is 95.6 Å². The molecule has 1 amide bonds. The highest BCUT2D eigenvalue weighted by atomic mass is 32.2. The third-order valence-corrected chi connectivity index (χ3v) is 7.31. The van der Waals surface area contributed by atoms with Gasteiger partial charge in [0.2, 0.25) is 5.91 Å². The van der Waals surface area contributed by atoms with Gasteiger partial charge < -0.3 is 10.3 Å². The molecule has 5 rings (SSSR count). The summed E-state index contributed by atoms with van der Waals surface area (Å²) < 4.78 is 26.8. The number of amides is 1. The van der Waals surface area contributed by atoms with Gasteiger partial charge in [-0.25, -0.2) is 13.8 Å². The van der Waals surface area contributed by atoms with Crippen LogP contribution in [-0.2, 0) is 17.8 Å². The number of nitrogens with zero attached hydrogens (tertiary/aromatic N) is 2. The minimum absolute atomic E-state index is 0.0452. The summed E-state index contributed by atoms with van der Waals surface area (Å²) in [7, 11) is 0. The summed E-state index contributed by atoms with van der Waals surface area (Å²) in [5.41, 5.74) is 3.71. The summed E-state index contributed by atoms with van der Waals surface area (Å²) in [5, 5.41) is 4.04. The molecule has 1 aliphatic heterocycles. The van der Waals surface area contributed by atoms with Crippen molar-refractivity contribution in [2.24, 2.45) is 0 Å². The van der Waals surface area contributed by atoms with Gasteiger partial charge in [-0.3, -0.25) is 9.69 Å². The first-order chi connectivity index (χ1) is 17.0. The Bertz CT molecular complexity index is 1280. The highest BCUT2D eigenvalue weighted by Crippen LogP contribution is 2.33. The molecule has 1 aromatic heterocycles. The monoisotopic (exact) mass is 492 g/mol. The molecule has 0 aliphatic carbocycles. The van der Waals surface area contributed by atoms with Gasteiger partial charge in [0.1, 0.15) is 11.6 Å². The maximum Gasteiger partial charge on any atom is 0.237 e. The lowest BCUT2D eigenvalue weighted by molar-refractivity contribution is -0.125. The summed E-state index contributed by atoms with van der Waals surface area (Å²) in [6, 6.07) is 20.4. The van der Waals surface area contributed by atoms with E-state index in [-0.39, 0.29) is 28.8 Å². The number of benzene rings is 3. The number of H-pyrrole nitrogens is 1. The van der Waals surface area contributed by atoms with E-state index in [1.807, 2.05) is 30.3 Å². The normalized spacial score (nSPS) is 18.2. The molecule has 8 heteroatoms. The third kappa shape index (κ3) is 5.89. The van der Waals surface area contributed by atoms with E-state index in [4.69, 9.17) is 0 Å². The lowest BCUT2D eigenvalue weighted by atomic mass is 10.1. The number of carbonyl (C=O) groups excluding carboxylic acids is 1. The smallest absolute Gasteiger partial charge is 0.237 e. The fraction of sp³-hybridized carbons (Fsp3) is 0.259.